The summed E-state index contributed by atoms with van der Waals surface area (Å²) in [5.74, 6) is 2.15. The molecule has 0 radical (unpaired) electrons. The normalized spacial score (nSPS) is 10.8. The molecule has 0 amide bonds. The standard InChI is InChI=1S/C25H22FNO3S2/c1-28-20-14-13-19(22(29-2)23(20)30-3)21-24(17-9-11-18(26)12-10-17)32-25(27-21)31-15-16-7-5-4-6-8-16/h4-14H,15H2,1-3H3. The Bertz CT molecular complexity index is 1190. The van der Waals surface area contributed by atoms with Gasteiger partial charge in [-0.2, -0.15) is 0 Å². The summed E-state index contributed by atoms with van der Waals surface area (Å²) in [6, 6.07) is 20.5. The van der Waals surface area contributed by atoms with Crippen molar-refractivity contribution in [2.75, 3.05) is 21.3 Å². The van der Waals surface area contributed by atoms with Crippen molar-refractivity contribution in [1.29, 1.82) is 0 Å². The van der Waals surface area contributed by atoms with Crippen LogP contribution in [0.3, 0.4) is 0 Å². The van der Waals surface area contributed by atoms with Gasteiger partial charge in [-0.05, 0) is 35.4 Å². The van der Waals surface area contributed by atoms with Crippen LogP contribution in [0.5, 0.6) is 17.2 Å². The van der Waals surface area contributed by atoms with Crippen molar-refractivity contribution in [3.05, 3.63) is 78.1 Å². The van der Waals surface area contributed by atoms with Crippen molar-refractivity contribution in [1.82, 2.24) is 4.98 Å². The predicted molar refractivity (Wildman–Crippen MR) is 129 cm³/mol. The van der Waals surface area contributed by atoms with Gasteiger partial charge in [-0.1, -0.05) is 54.2 Å². The third-order valence-corrected chi connectivity index (χ3v) is 7.20. The van der Waals surface area contributed by atoms with E-state index in [0.29, 0.717) is 17.2 Å². The van der Waals surface area contributed by atoms with Gasteiger partial charge >= 0.3 is 0 Å². The largest absolute Gasteiger partial charge is 0.493 e. The van der Waals surface area contributed by atoms with E-state index in [2.05, 4.69) is 12.1 Å². The van der Waals surface area contributed by atoms with Gasteiger partial charge in [-0.15, -0.1) is 11.3 Å². The van der Waals surface area contributed by atoms with Gasteiger partial charge in [-0.3, -0.25) is 0 Å². The molecule has 0 spiro atoms. The second kappa shape index (κ2) is 10.1. The van der Waals surface area contributed by atoms with Gasteiger partial charge in [0.25, 0.3) is 0 Å². The minimum absolute atomic E-state index is 0.276. The molecule has 0 aliphatic rings. The maximum atomic E-state index is 13.6. The van der Waals surface area contributed by atoms with Crippen molar-refractivity contribution in [2.45, 2.75) is 10.1 Å². The van der Waals surface area contributed by atoms with Crippen LogP contribution in [0.2, 0.25) is 0 Å². The molecule has 0 aliphatic carbocycles. The third kappa shape index (κ3) is 4.59. The highest BCUT2D eigenvalue weighted by atomic mass is 32.2. The van der Waals surface area contributed by atoms with Crippen molar-refractivity contribution in [3.63, 3.8) is 0 Å². The summed E-state index contributed by atoms with van der Waals surface area (Å²) >= 11 is 3.25. The monoisotopic (exact) mass is 467 g/mol. The molecule has 4 aromatic rings. The van der Waals surface area contributed by atoms with Gasteiger partial charge in [0, 0.05) is 11.3 Å². The average Bonchev–Trinajstić information content (AvgIpc) is 3.26. The van der Waals surface area contributed by atoms with E-state index in [1.54, 1.807) is 56.6 Å². The van der Waals surface area contributed by atoms with Crippen LogP contribution in [0.25, 0.3) is 21.7 Å². The van der Waals surface area contributed by atoms with E-state index in [9.17, 15) is 4.39 Å². The maximum Gasteiger partial charge on any atom is 0.203 e. The summed E-state index contributed by atoms with van der Waals surface area (Å²) in [5, 5.41) is 0. The lowest BCUT2D eigenvalue weighted by molar-refractivity contribution is 0.325. The summed E-state index contributed by atoms with van der Waals surface area (Å²) in [4.78, 5) is 5.88. The average molecular weight is 468 g/mol. The zero-order chi connectivity index (χ0) is 22.5. The SMILES string of the molecule is COc1ccc(-c2nc(SCc3ccccc3)sc2-c2ccc(F)cc2)c(OC)c1OC. The lowest BCUT2D eigenvalue weighted by atomic mass is 10.0. The zero-order valence-electron chi connectivity index (χ0n) is 17.9. The Morgan fingerprint density at radius 1 is 0.844 bits per heavy atom. The van der Waals surface area contributed by atoms with E-state index in [1.165, 1.54) is 17.7 Å². The first kappa shape index (κ1) is 22.2. The van der Waals surface area contributed by atoms with Crippen LogP contribution in [0, 0.1) is 5.82 Å². The van der Waals surface area contributed by atoms with Crippen LogP contribution in [-0.2, 0) is 5.75 Å². The predicted octanol–water partition coefficient (Wildman–Crippen LogP) is 6.93. The Kier molecular flexibility index (Phi) is 6.97. The van der Waals surface area contributed by atoms with Crippen LogP contribution in [0.4, 0.5) is 4.39 Å². The molecule has 0 bridgehead atoms. The number of thiazole rings is 1. The Morgan fingerprint density at radius 2 is 1.56 bits per heavy atom. The number of thioether (sulfide) groups is 1. The van der Waals surface area contributed by atoms with Gasteiger partial charge in [0.15, 0.2) is 15.8 Å². The Labute approximate surface area is 195 Å². The second-order valence-corrected chi connectivity index (χ2v) is 9.04. The number of hydrogen-bond donors (Lipinski definition) is 0. The molecule has 0 N–H and O–H groups in total. The molecule has 0 aliphatic heterocycles. The molecule has 0 saturated heterocycles. The van der Waals surface area contributed by atoms with Crippen LogP contribution < -0.4 is 14.2 Å². The number of methoxy groups -OCH3 is 3. The number of hydrogen-bond acceptors (Lipinski definition) is 6. The zero-order valence-corrected chi connectivity index (χ0v) is 19.6. The van der Waals surface area contributed by atoms with Crippen LogP contribution in [0.1, 0.15) is 5.56 Å². The molecule has 0 fully saturated rings. The fourth-order valence-corrected chi connectivity index (χ4v) is 5.47. The molecule has 32 heavy (non-hydrogen) atoms. The van der Waals surface area contributed by atoms with Crippen molar-refractivity contribution in [3.8, 4) is 38.9 Å². The summed E-state index contributed by atoms with van der Waals surface area (Å²) in [6.07, 6.45) is 0. The summed E-state index contributed by atoms with van der Waals surface area (Å²) in [7, 11) is 4.76. The first-order chi connectivity index (χ1) is 15.6. The summed E-state index contributed by atoms with van der Waals surface area (Å²) in [6.45, 7) is 0. The number of ether oxygens (including phenoxy) is 3. The molecule has 0 atom stereocenters. The second-order valence-electron chi connectivity index (χ2n) is 6.82. The lowest BCUT2D eigenvalue weighted by Crippen LogP contribution is -1.97. The van der Waals surface area contributed by atoms with E-state index < -0.39 is 0 Å². The smallest absolute Gasteiger partial charge is 0.203 e. The molecule has 0 saturated carbocycles. The number of benzene rings is 3. The molecule has 4 nitrogen and oxygen atoms in total. The summed E-state index contributed by atoms with van der Waals surface area (Å²) in [5.41, 5.74) is 3.66. The molecular weight excluding hydrogens is 445 g/mol. The Hall–Kier alpha value is -3.03. The lowest BCUT2D eigenvalue weighted by Gasteiger charge is -2.15. The molecule has 7 heteroatoms. The Morgan fingerprint density at radius 3 is 2.22 bits per heavy atom. The van der Waals surface area contributed by atoms with Gasteiger partial charge < -0.3 is 14.2 Å². The molecular formula is C25H22FNO3S2. The quantitative estimate of drug-likeness (QED) is 0.263. The van der Waals surface area contributed by atoms with Crippen LogP contribution in [-0.4, -0.2) is 26.3 Å². The topological polar surface area (TPSA) is 40.6 Å². The number of rotatable bonds is 8. The van der Waals surface area contributed by atoms with Crippen LogP contribution in [0.15, 0.2) is 71.1 Å². The molecule has 1 aromatic heterocycles. The van der Waals surface area contributed by atoms with Gasteiger partial charge in [-0.25, -0.2) is 9.37 Å². The van der Waals surface area contributed by atoms with Gasteiger partial charge in [0.05, 0.1) is 31.9 Å². The number of halogens is 1. The fraction of sp³-hybridized carbons (Fsp3) is 0.160. The molecule has 1 heterocycles. The van der Waals surface area contributed by atoms with E-state index in [0.717, 1.165) is 31.8 Å². The van der Waals surface area contributed by atoms with Crippen molar-refractivity contribution < 1.29 is 18.6 Å². The minimum atomic E-state index is -0.276. The maximum absolute atomic E-state index is 13.6. The molecule has 0 unspecified atom stereocenters. The first-order valence-electron chi connectivity index (χ1n) is 9.87. The van der Waals surface area contributed by atoms with Gasteiger partial charge in [0.1, 0.15) is 5.82 Å². The number of nitrogens with zero attached hydrogens (tertiary/aromatic N) is 1. The highest BCUT2D eigenvalue weighted by Crippen LogP contribution is 2.48. The minimum Gasteiger partial charge on any atom is -0.493 e. The summed E-state index contributed by atoms with van der Waals surface area (Å²) < 4.78 is 31.2. The molecule has 164 valence electrons. The molecule has 4 rings (SSSR count). The van der Waals surface area contributed by atoms with Crippen molar-refractivity contribution in [2.24, 2.45) is 0 Å². The highest BCUT2D eigenvalue weighted by molar-refractivity contribution is 8.00. The van der Waals surface area contributed by atoms with E-state index >= 15 is 0 Å². The van der Waals surface area contributed by atoms with E-state index in [4.69, 9.17) is 19.2 Å². The fourth-order valence-electron chi connectivity index (χ4n) is 3.35. The third-order valence-electron chi connectivity index (χ3n) is 4.88. The molecule has 3 aromatic carbocycles. The van der Waals surface area contributed by atoms with E-state index in [-0.39, 0.29) is 5.82 Å². The van der Waals surface area contributed by atoms with E-state index in [1.807, 2.05) is 30.3 Å². The first-order valence-corrected chi connectivity index (χ1v) is 11.7. The van der Waals surface area contributed by atoms with Crippen molar-refractivity contribution >= 4 is 23.1 Å². The highest BCUT2D eigenvalue weighted by Gasteiger charge is 2.23. The van der Waals surface area contributed by atoms with Crippen LogP contribution >= 0.6 is 23.1 Å². The Balaban J connectivity index is 1.81. The number of aromatic nitrogens is 1. The van der Waals surface area contributed by atoms with Gasteiger partial charge in [0.2, 0.25) is 5.75 Å².